The quantitative estimate of drug-likeness (QED) is 0.815. The Hall–Kier alpha value is -2.09. The van der Waals surface area contributed by atoms with E-state index in [9.17, 15) is 9.90 Å². The van der Waals surface area contributed by atoms with E-state index < -0.39 is 0 Å². The van der Waals surface area contributed by atoms with Gasteiger partial charge in [0.25, 0.3) is 0 Å². The van der Waals surface area contributed by atoms with Gasteiger partial charge in [0, 0.05) is 11.5 Å². The van der Waals surface area contributed by atoms with Crippen LogP contribution in [0.1, 0.15) is 39.4 Å². The summed E-state index contributed by atoms with van der Waals surface area (Å²) in [5.74, 6) is 0.370. The molecule has 1 atom stereocenters. The Kier molecular flexibility index (Phi) is 2.63. The molecule has 2 heteroatoms. The molecule has 0 aliphatic heterocycles. The first kappa shape index (κ1) is 11.0. The molecule has 0 spiro atoms. The number of hydrogen-bond donors (Lipinski definition) is 1. The SMILES string of the molecule is O=Cc1ccc2c(c1O)[C@@H](c1ccccc1)CC2. The van der Waals surface area contributed by atoms with Crippen LogP contribution in [0.2, 0.25) is 0 Å². The van der Waals surface area contributed by atoms with Crippen LogP contribution in [-0.2, 0) is 6.42 Å². The third-order valence-corrected chi connectivity index (χ3v) is 3.72. The number of rotatable bonds is 2. The van der Waals surface area contributed by atoms with Gasteiger partial charge in [-0.15, -0.1) is 0 Å². The molecule has 0 heterocycles. The zero-order chi connectivity index (χ0) is 12.5. The van der Waals surface area contributed by atoms with Crippen LogP contribution < -0.4 is 0 Å². The zero-order valence-corrected chi connectivity index (χ0v) is 9.97. The molecular weight excluding hydrogens is 224 g/mol. The minimum absolute atomic E-state index is 0.161. The van der Waals surface area contributed by atoms with E-state index in [1.807, 2.05) is 24.3 Å². The molecule has 0 saturated carbocycles. The largest absolute Gasteiger partial charge is 0.507 e. The smallest absolute Gasteiger partial charge is 0.153 e. The van der Waals surface area contributed by atoms with Crippen LogP contribution in [0.25, 0.3) is 0 Å². The number of fused-ring (bicyclic) bond motifs is 1. The molecule has 3 rings (SSSR count). The van der Waals surface area contributed by atoms with Crippen LogP contribution in [0.4, 0.5) is 0 Å². The van der Waals surface area contributed by atoms with Crippen molar-refractivity contribution < 1.29 is 9.90 Å². The minimum atomic E-state index is 0.161. The Bertz CT molecular complexity index is 588. The van der Waals surface area contributed by atoms with E-state index in [1.54, 1.807) is 6.07 Å². The second-order valence-corrected chi connectivity index (χ2v) is 4.70. The fraction of sp³-hybridized carbons (Fsp3) is 0.188. The summed E-state index contributed by atoms with van der Waals surface area (Å²) in [6.07, 6.45) is 2.67. The molecule has 90 valence electrons. The summed E-state index contributed by atoms with van der Waals surface area (Å²) in [7, 11) is 0. The van der Waals surface area contributed by atoms with Crippen molar-refractivity contribution in [2.24, 2.45) is 0 Å². The lowest BCUT2D eigenvalue weighted by Gasteiger charge is -2.14. The molecule has 1 aliphatic carbocycles. The van der Waals surface area contributed by atoms with Gasteiger partial charge in [-0.3, -0.25) is 4.79 Å². The van der Waals surface area contributed by atoms with Gasteiger partial charge in [-0.05, 0) is 30.0 Å². The van der Waals surface area contributed by atoms with E-state index in [4.69, 9.17) is 0 Å². The van der Waals surface area contributed by atoms with Crippen molar-refractivity contribution in [1.82, 2.24) is 0 Å². The molecule has 0 amide bonds. The highest BCUT2D eigenvalue weighted by molar-refractivity contribution is 5.81. The van der Waals surface area contributed by atoms with E-state index in [-0.39, 0.29) is 11.7 Å². The number of aldehydes is 1. The van der Waals surface area contributed by atoms with Crippen LogP contribution >= 0.6 is 0 Å². The predicted molar refractivity (Wildman–Crippen MR) is 70.1 cm³/mol. The average Bonchev–Trinajstić information content (AvgIpc) is 2.85. The molecule has 0 unspecified atom stereocenters. The maximum absolute atomic E-state index is 10.9. The molecule has 2 aromatic rings. The molecule has 0 saturated heterocycles. The molecule has 0 fully saturated rings. The Labute approximate surface area is 106 Å². The number of phenols is 1. The van der Waals surface area contributed by atoms with Gasteiger partial charge in [-0.2, -0.15) is 0 Å². The standard InChI is InChI=1S/C16H14O2/c17-10-13-7-6-12-8-9-14(15(12)16(13)18)11-4-2-1-3-5-11/h1-7,10,14,18H,8-9H2/t14-/m1/s1. The summed E-state index contributed by atoms with van der Waals surface area (Å²) in [6, 6.07) is 13.8. The second-order valence-electron chi connectivity index (χ2n) is 4.70. The first-order valence-electron chi connectivity index (χ1n) is 6.16. The summed E-state index contributed by atoms with van der Waals surface area (Å²) in [4.78, 5) is 10.9. The Morgan fingerprint density at radius 1 is 1.11 bits per heavy atom. The Morgan fingerprint density at radius 2 is 1.89 bits per heavy atom. The second kappa shape index (κ2) is 4.30. The van der Waals surface area contributed by atoms with E-state index >= 15 is 0 Å². The van der Waals surface area contributed by atoms with E-state index in [2.05, 4.69) is 12.1 Å². The van der Waals surface area contributed by atoms with Gasteiger partial charge in [-0.1, -0.05) is 36.4 Å². The number of hydrogen-bond acceptors (Lipinski definition) is 2. The first-order chi connectivity index (χ1) is 8.81. The predicted octanol–water partition coefficient (Wildman–Crippen LogP) is 3.28. The molecule has 0 bridgehead atoms. The third kappa shape index (κ3) is 1.61. The van der Waals surface area contributed by atoms with Crippen molar-refractivity contribution in [2.75, 3.05) is 0 Å². The lowest BCUT2D eigenvalue weighted by molar-refractivity contribution is 0.112. The van der Waals surface area contributed by atoms with Gasteiger partial charge in [-0.25, -0.2) is 0 Å². The number of aryl methyl sites for hydroxylation is 1. The fourth-order valence-corrected chi connectivity index (χ4v) is 2.83. The van der Waals surface area contributed by atoms with Crippen molar-refractivity contribution in [3.8, 4) is 5.75 Å². The summed E-state index contributed by atoms with van der Waals surface area (Å²) >= 11 is 0. The summed E-state index contributed by atoms with van der Waals surface area (Å²) in [6.45, 7) is 0. The number of aromatic hydroxyl groups is 1. The molecule has 0 aromatic heterocycles. The minimum Gasteiger partial charge on any atom is -0.507 e. The normalized spacial score (nSPS) is 17.4. The van der Waals surface area contributed by atoms with E-state index in [0.29, 0.717) is 5.56 Å². The van der Waals surface area contributed by atoms with Gasteiger partial charge in [0.15, 0.2) is 6.29 Å². The Morgan fingerprint density at radius 3 is 2.61 bits per heavy atom. The van der Waals surface area contributed by atoms with Crippen molar-refractivity contribution in [3.05, 3.63) is 64.7 Å². The monoisotopic (exact) mass is 238 g/mol. The Balaban J connectivity index is 2.14. The van der Waals surface area contributed by atoms with Gasteiger partial charge >= 0.3 is 0 Å². The van der Waals surface area contributed by atoms with Crippen molar-refractivity contribution in [3.63, 3.8) is 0 Å². The van der Waals surface area contributed by atoms with Crippen molar-refractivity contribution in [2.45, 2.75) is 18.8 Å². The summed E-state index contributed by atoms with van der Waals surface area (Å²) in [5, 5.41) is 10.2. The molecular formula is C16H14O2. The van der Waals surface area contributed by atoms with Gasteiger partial charge in [0.2, 0.25) is 0 Å². The zero-order valence-electron chi connectivity index (χ0n) is 9.97. The van der Waals surface area contributed by atoms with Gasteiger partial charge in [0.1, 0.15) is 5.75 Å². The fourth-order valence-electron chi connectivity index (χ4n) is 2.83. The van der Waals surface area contributed by atoms with E-state index in [0.717, 1.165) is 30.3 Å². The van der Waals surface area contributed by atoms with Crippen LogP contribution in [0, 0.1) is 0 Å². The summed E-state index contributed by atoms with van der Waals surface area (Å²) < 4.78 is 0. The lowest BCUT2D eigenvalue weighted by atomic mass is 9.91. The first-order valence-corrected chi connectivity index (χ1v) is 6.16. The van der Waals surface area contributed by atoms with Crippen LogP contribution in [0.15, 0.2) is 42.5 Å². The number of carbonyl (C=O) groups is 1. The number of benzene rings is 2. The molecule has 2 nitrogen and oxygen atoms in total. The average molecular weight is 238 g/mol. The van der Waals surface area contributed by atoms with Crippen LogP contribution in [0.3, 0.4) is 0 Å². The highest BCUT2D eigenvalue weighted by Gasteiger charge is 2.28. The maximum atomic E-state index is 10.9. The molecule has 0 radical (unpaired) electrons. The van der Waals surface area contributed by atoms with Gasteiger partial charge < -0.3 is 5.11 Å². The topological polar surface area (TPSA) is 37.3 Å². The molecule has 18 heavy (non-hydrogen) atoms. The lowest BCUT2D eigenvalue weighted by Crippen LogP contribution is -1.98. The number of carbonyl (C=O) groups excluding carboxylic acids is 1. The van der Waals surface area contributed by atoms with Crippen molar-refractivity contribution >= 4 is 6.29 Å². The highest BCUT2D eigenvalue weighted by atomic mass is 16.3. The third-order valence-electron chi connectivity index (χ3n) is 3.72. The van der Waals surface area contributed by atoms with Crippen molar-refractivity contribution in [1.29, 1.82) is 0 Å². The van der Waals surface area contributed by atoms with Crippen LogP contribution in [0.5, 0.6) is 5.75 Å². The molecule has 1 N–H and O–H groups in total. The number of phenolic OH excluding ortho intramolecular Hbond substituents is 1. The molecule has 1 aliphatic rings. The van der Waals surface area contributed by atoms with Gasteiger partial charge in [0.05, 0.1) is 5.56 Å². The van der Waals surface area contributed by atoms with Crippen LogP contribution in [-0.4, -0.2) is 11.4 Å². The maximum Gasteiger partial charge on any atom is 0.153 e. The summed E-state index contributed by atoms with van der Waals surface area (Å²) in [5.41, 5.74) is 3.68. The highest BCUT2D eigenvalue weighted by Crippen LogP contribution is 2.43. The molecule has 2 aromatic carbocycles. The van der Waals surface area contributed by atoms with E-state index in [1.165, 1.54) is 5.56 Å².